The lowest BCUT2D eigenvalue weighted by Gasteiger charge is -2.17. The fraction of sp³-hybridized carbons (Fsp3) is 0.316. The van der Waals surface area contributed by atoms with Gasteiger partial charge >= 0.3 is 5.97 Å². The Bertz CT molecular complexity index is 1420. The molecular formula is C19H17FN6O5S. The van der Waals surface area contributed by atoms with Gasteiger partial charge in [0.2, 0.25) is 0 Å². The van der Waals surface area contributed by atoms with Gasteiger partial charge in [0.05, 0.1) is 29.2 Å². The Kier molecular flexibility index (Phi) is 5.27. The maximum Gasteiger partial charge on any atom is 0.309 e. The van der Waals surface area contributed by atoms with E-state index < -0.39 is 39.8 Å². The molecule has 2 aromatic heterocycles. The number of hydrogen-bond acceptors (Lipinski definition) is 7. The van der Waals surface area contributed by atoms with E-state index in [9.17, 15) is 27.5 Å². The summed E-state index contributed by atoms with van der Waals surface area (Å²) in [6, 6.07) is 5.74. The summed E-state index contributed by atoms with van der Waals surface area (Å²) in [5, 5.41) is 28.4. The van der Waals surface area contributed by atoms with E-state index >= 15 is 0 Å². The number of sulfonamides is 1. The van der Waals surface area contributed by atoms with E-state index in [4.69, 9.17) is 5.26 Å². The summed E-state index contributed by atoms with van der Waals surface area (Å²) in [4.78, 5) is 22.5. The van der Waals surface area contributed by atoms with Gasteiger partial charge in [0.15, 0.2) is 5.03 Å². The lowest BCUT2D eigenvalue weighted by Crippen LogP contribution is -2.31. The van der Waals surface area contributed by atoms with Crippen LogP contribution < -0.4 is 5.56 Å². The highest BCUT2D eigenvalue weighted by atomic mass is 32.2. The van der Waals surface area contributed by atoms with Crippen molar-refractivity contribution in [3.8, 4) is 6.07 Å². The Labute approximate surface area is 180 Å². The Morgan fingerprint density at radius 2 is 2.12 bits per heavy atom. The number of nitrogens with zero attached hydrogens (tertiary/aromatic N) is 5. The molecule has 2 N–H and O–H groups in total. The van der Waals surface area contributed by atoms with Gasteiger partial charge in [-0.3, -0.25) is 14.3 Å². The number of aromatic nitrogens is 4. The fourth-order valence-corrected chi connectivity index (χ4v) is 5.31. The Morgan fingerprint density at radius 3 is 2.75 bits per heavy atom. The molecule has 0 bridgehead atoms. The zero-order valence-corrected chi connectivity index (χ0v) is 17.5. The normalized spacial score (nSPS) is 19.3. The van der Waals surface area contributed by atoms with Gasteiger partial charge in [0, 0.05) is 30.6 Å². The topological polar surface area (TPSA) is 162 Å². The standard InChI is InChI=1S/C19H17FN6O5S/c1-10-8-25(32(30,31)18-3-2-17(27)22-23-18)9-16(10)26-15-5-13(20)11(7-21)4-12(15)14(24-26)6-19(28)29/h2-5,10,16H,6,8-9H2,1H3,(H,22,27)(H,28,29)/t10-,16+/m1/s1. The van der Waals surface area contributed by atoms with E-state index in [1.165, 1.54) is 15.1 Å². The van der Waals surface area contributed by atoms with Crippen molar-refractivity contribution in [2.24, 2.45) is 5.92 Å². The van der Waals surface area contributed by atoms with Crippen molar-refractivity contribution >= 4 is 26.9 Å². The van der Waals surface area contributed by atoms with Crippen molar-refractivity contribution in [2.75, 3.05) is 13.1 Å². The molecule has 1 saturated heterocycles. The van der Waals surface area contributed by atoms with Crippen molar-refractivity contribution in [1.29, 1.82) is 5.26 Å². The van der Waals surface area contributed by atoms with Crippen LogP contribution in [0.4, 0.5) is 4.39 Å². The summed E-state index contributed by atoms with van der Waals surface area (Å²) in [6.07, 6.45) is -0.440. The number of nitrogens with one attached hydrogen (secondary N) is 1. The minimum atomic E-state index is -4.01. The van der Waals surface area contributed by atoms with Crippen molar-refractivity contribution in [2.45, 2.75) is 24.4 Å². The lowest BCUT2D eigenvalue weighted by molar-refractivity contribution is -0.136. The van der Waals surface area contributed by atoms with Gasteiger partial charge in [-0.25, -0.2) is 17.9 Å². The first-order valence-corrected chi connectivity index (χ1v) is 10.9. The van der Waals surface area contributed by atoms with Gasteiger partial charge in [-0.1, -0.05) is 6.92 Å². The Balaban J connectivity index is 1.76. The van der Waals surface area contributed by atoms with Crippen LogP contribution in [0.2, 0.25) is 0 Å². The minimum absolute atomic E-state index is 0.0186. The highest BCUT2D eigenvalue weighted by molar-refractivity contribution is 7.89. The smallest absolute Gasteiger partial charge is 0.309 e. The monoisotopic (exact) mass is 460 g/mol. The summed E-state index contributed by atoms with van der Waals surface area (Å²) in [5.74, 6) is -2.19. The van der Waals surface area contributed by atoms with Crippen LogP contribution in [0.3, 0.4) is 0 Å². The predicted molar refractivity (Wildman–Crippen MR) is 108 cm³/mol. The minimum Gasteiger partial charge on any atom is -0.481 e. The highest BCUT2D eigenvalue weighted by Gasteiger charge is 2.40. The van der Waals surface area contributed by atoms with Crippen LogP contribution in [0.15, 0.2) is 34.1 Å². The number of hydrogen-bond donors (Lipinski definition) is 2. The molecular weight excluding hydrogens is 443 g/mol. The molecule has 3 heterocycles. The molecule has 0 unspecified atom stereocenters. The summed E-state index contributed by atoms with van der Waals surface area (Å²) in [7, 11) is -4.01. The highest BCUT2D eigenvalue weighted by Crippen LogP contribution is 2.34. The number of carboxylic acids is 1. The van der Waals surface area contributed by atoms with E-state index in [2.05, 4.69) is 15.3 Å². The molecule has 0 saturated carbocycles. The summed E-state index contributed by atoms with van der Waals surface area (Å²) in [5.41, 5.74) is -0.350. The quantitative estimate of drug-likeness (QED) is 0.560. The zero-order valence-electron chi connectivity index (χ0n) is 16.7. The summed E-state index contributed by atoms with van der Waals surface area (Å²) in [6.45, 7) is 1.89. The molecule has 11 nitrogen and oxygen atoms in total. The van der Waals surface area contributed by atoms with E-state index in [1.54, 1.807) is 13.0 Å². The Morgan fingerprint density at radius 1 is 1.38 bits per heavy atom. The number of carboxylic acid groups (broad SMARTS) is 1. The number of aliphatic carboxylic acids is 1. The molecule has 13 heteroatoms. The molecule has 0 spiro atoms. The molecule has 166 valence electrons. The van der Waals surface area contributed by atoms with Gasteiger partial charge in [-0.2, -0.15) is 19.8 Å². The van der Waals surface area contributed by atoms with E-state index in [0.717, 1.165) is 18.2 Å². The maximum atomic E-state index is 14.4. The predicted octanol–water partition coefficient (Wildman–Crippen LogP) is 0.639. The van der Waals surface area contributed by atoms with Crippen LogP contribution >= 0.6 is 0 Å². The molecule has 0 amide bonds. The average Bonchev–Trinajstić information content (AvgIpc) is 3.28. The van der Waals surface area contributed by atoms with Gasteiger partial charge in [-0.05, 0) is 18.1 Å². The lowest BCUT2D eigenvalue weighted by atomic mass is 10.1. The molecule has 3 aromatic rings. The van der Waals surface area contributed by atoms with Crippen LogP contribution in [0, 0.1) is 23.1 Å². The third-order valence-electron chi connectivity index (χ3n) is 5.42. The van der Waals surface area contributed by atoms with E-state index in [1.807, 2.05) is 0 Å². The second kappa shape index (κ2) is 7.81. The number of carbonyl (C=O) groups is 1. The number of aromatic amines is 1. The SMILES string of the molecule is C[C@@H]1CN(S(=O)(=O)c2ccc(=O)[nH]n2)C[C@@H]1n1nc(CC(=O)O)c2cc(C#N)c(F)cc21. The van der Waals surface area contributed by atoms with Gasteiger partial charge in [-0.15, -0.1) is 0 Å². The van der Waals surface area contributed by atoms with Crippen molar-refractivity contribution in [3.05, 3.63) is 51.7 Å². The second-order valence-corrected chi connectivity index (χ2v) is 9.43. The van der Waals surface area contributed by atoms with E-state index in [-0.39, 0.29) is 40.8 Å². The van der Waals surface area contributed by atoms with Crippen molar-refractivity contribution in [1.82, 2.24) is 24.3 Å². The summed E-state index contributed by atoms with van der Waals surface area (Å²) >= 11 is 0. The molecule has 1 fully saturated rings. The maximum absolute atomic E-state index is 14.4. The molecule has 0 radical (unpaired) electrons. The first-order valence-electron chi connectivity index (χ1n) is 9.50. The number of H-pyrrole nitrogens is 1. The zero-order chi connectivity index (χ0) is 23.2. The van der Waals surface area contributed by atoms with Crippen LogP contribution in [-0.2, 0) is 21.2 Å². The first-order chi connectivity index (χ1) is 15.1. The molecule has 1 aliphatic heterocycles. The van der Waals surface area contributed by atoms with Crippen molar-refractivity contribution < 1.29 is 22.7 Å². The molecule has 1 aromatic carbocycles. The number of fused-ring (bicyclic) bond motifs is 1. The second-order valence-electron chi connectivity index (χ2n) is 7.55. The molecule has 4 rings (SSSR count). The number of halogens is 1. The van der Waals surface area contributed by atoms with Crippen molar-refractivity contribution in [3.63, 3.8) is 0 Å². The van der Waals surface area contributed by atoms with Crippen LogP contribution in [0.5, 0.6) is 0 Å². The molecule has 1 aliphatic rings. The first kappa shape index (κ1) is 21.6. The van der Waals surface area contributed by atoms with Gasteiger partial charge in [0.1, 0.15) is 11.9 Å². The van der Waals surface area contributed by atoms with Gasteiger partial charge in [0.25, 0.3) is 15.6 Å². The number of benzene rings is 1. The fourth-order valence-electron chi connectivity index (χ4n) is 3.86. The molecule has 0 aliphatic carbocycles. The number of rotatable bonds is 5. The van der Waals surface area contributed by atoms with Gasteiger partial charge < -0.3 is 5.11 Å². The van der Waals surface area contributed by atoms with Crippen LogP contribution in [0.25, 0.3) is 10.9 Å². The number of nitriles is 1. The average molecular weight is 460 g/mol. The van der Waals surface area contributed by atoms with E-state index in [0.29, 0.717) is 5.39 Å². The third kappa shape index (κ3) is 3.63. The third-order valence-corrected chi connectivity index (χ3v) is 7.16. The molecule has 2 atom stereocenters. The Hall–Kier alpha value is -3.63. The van der Waals surface area contributed by atoms with Crippen LogP contribution in [0.1, 0.15) is 24.2 Å². The largest absolute Gasteiger partial charge is 0.481 e. The van der Waals surface area contributed by atoms with Crippen LogP contribution in [-0.4, -0.2) is 56.9 Å². The molecule has 32 heavy (non-hydrogen) atoms. The summed E-state index contributed by atoms with van der Waals surface area (Å²) < 4.78 is 42.9.